The van der Waals surface area contributed by atoms with Crippen LogP contribution in [-0.4, -0.2) is 29.3 Å². The lowest BCUT2D eigenvalue weighted by Crippen LogP contribution is -2.04. The first-order valence-corrected chi connectivity index (χ1v) is 4.61. The van der Waals surface area contributed by atoms with E-state index in [4.69, 9.17) is 9.47 Å². The second-order valence-electron chi connectivity index (χ2n) is 3.33. The molecular weight excluding hydrogens is 180 g/mol. The zero-order valence-electron chi connectivity index (χ0n) is 7.56. The standard InChI is InChI=1S/C10H10N2O2/c1-2-4-9-8(3-1)11-10(12-9)14-6-7-5-13-7/h1-4,7H,5-6H2,(H,11,12). The van der Waals surface area contributed by atoms with Gasteiger partial charge in [-0.05, 0) is 12.1 Å². The van der Waals surface area contributed by atoms with Gasteiger partial charge in [0.1, 0.15) is 12.7 Å². The maximum absolute atomic E-state index is 5.42. The first-order valence-electron chi connectivity index (χ1n) is 4.61. The number of aromatic nitrogens is 2. The van der Waals surface area contributed by atoms with Crippen molar-refractivity contribution in [3.05, 3.63) is 24.3 Å². The Morgan fingerprint density at radius 1 is 1.50 bits per heavy atom. The van der Waals surface area contributed by atoms with E-state index in [1.54, 1.807) is 0 Å². The zero-order chi connectivity index (χ0) is 9.38. The number of rotatable bonds is 3. The van der Waals surface area contributed by atoms with Gasteiger partial charge >= 0.3 is 0 Å². The maximum Gasteiger partial charge on any atom is 0.294 e. The monoisotopic (exact) mass is 190 g/mol. The largest absolute Gasteiger partial charge is 0.462 e. The second-order valence-corrected chi connectivity index (χ2v) is 3.33. The molecule has 0 aliphatic carbocycles. The van der Waals surface area contributed by atoms with Crippen LogP contribution in [-0.2, 0) is 4.74 Å². The number of nitrogens with one attached hydrogen (secondary N) is 1. The van der Waals surface area contributed by atoms with Gasteiger partial charge in [-0.3, -0.25) is 0 Å². The summed E-state index contributed by atoms with van der Waals surface area (Å²) < 4.78 is 10.5. The molecule has 0 spiro atoms. The molecule has 0 bridgehead atoms. The molecule has 1 aliphatic heterocycles. The minimum absolute atomic E-state index is 0.267. The summed E-state index contributed by atoms with van der Waals surface area (Å²) in [5, 5.41) is 0. The van der Waals surface area contributed by atoms with Crippen molar-refractivity contribution >= 4 is 11.0 Å². The van der Waals surface area contributed by atoms with E-state index in [1.807, 2.05) is 24.3 Å². The van der Waals surface area contributed by atoms with Gasteiger partial charge in [0.15, 0.2) is 0 Å². The van der Waals surface area contributed by atoms with Gasteiger partial charge < -0.3 is 14.5 Å². The van der Waals surface area contributed by atoms with E-state index >= 15 is 0 Å². The van der Waals surface area contributed by atoms with Gasteiger partial charge in [0.05, 0.1) is 17.6 Å². The molecule has 1 N–H and O–H groups in total. The Labute approximate surface area is 80.9 Å². The number of imidazole rings is 1. The third-order valence-electron chi connectivity index (χ3n) is 2.18. The number of fused-ring (bicyclic) bond motifs is 1. The normalized spacial score (nSPS) is 19.9. The third kappa shape index (κ3) is 1.44. The van der Waals surface area contributed by atoms with Crippen LogP contribution in [0.5, 0.6) is 6.01 Å². The summed E-state index contributed by atoms with van der Waals surface area (Å²) in [7, 11) is 0. The Morgan fingerprint density at radius 2 is 2.36 bits per heavy atom. The van der Waals surface area contributed by atoms with E-state index in [0.29, 0.717) is 12.6 Å². The Hall–Kier alpha value is -1.55. The molecule has 3 rings (SSSR count). The first kappa shape index (κ1) is 7.82. The number of H-pyrrole nitrogens is 1. The molecule has 1 aromatic carbocycles. The molecule has 0 saturated carbocycles. The van der Waals surface area contributed by atoms with Crippen LogP contribution in [0.15, 0.2) is 24.3 Å². The van der Waals surface area contributed by atoms with Gasteiger partial charge in [-0.1, -0.05) is 12.1 Å². The van der Waals surface area contributed by atoms with E-state index in [1.165, 1.54) is 0 Å². The van der Waals surface area contributed by atoms with Gasteiger partial charge in [-0.25, -0.2) is 0 Å². The zero-order valence-corrected chi connectivity index (χ0v) is 7.56. The molecule has 1 saturated heterocycles. The van der Waals surface area contributed by atoms with Crippen LogP contribution in [0.25, 0.3) is 11.0 Å². The Kier molecular flexibility index (Phi) is 1.67. The van der Waals surface area contributed by atoms with Crippen LogP contribution >= 0.6 is 0 Å². The fourth-order valence-electron chi connectivity index (χ4n) is 1.33. The molecule has 1 aliphatic rings. The fraction of sp³-hybridized carbons (Fsp3) is 0.300. The molecule has 1 aromatic heterocycles. The van der Waals surface area contributed by atoms with Crippen LogP contribution in [0, 0.1) is 0 Å². The molecule has 0 amide bonds. The smallest absolute Gasteiger partial charge is 0.294 e. The average molecular weight is 190 g/mol. The van der Waals surface area contributed by atoms with Crippen LogP contribution < -0.4 is 4.74 Å². The van der Waals surface area contributed by atoms with Crippen molar-refractivity contribution in [2.75, 3.05) is 13.2 Å². The number of hydrogen-bond donors (Lipinski definition) is 1. The number of para-hydroxylation sites is 2. The Morgan fingerprint density at radius 3 is 3.14 bits per heavy atom. The van der Waals surface area contributed by atoms with Crippen molar-refractivity contribution in [2.45, 2.75) is 6.10 Å². The summed E-state index contributed by atoms with van der Waals surface area (Å²) in [6.07, 6.45) is 0.267. The Bertz CT molecular complexity index is 415. The predicted molar refractivity (Wildman–Crippen MR) is 51.3 cm³/mol. The van der Waals surface area contributed by atoms with Crippen molar-refractivity contribution in [3.63, 3.8) is 0 Å². The maximum atomic E-state index is 5.42. The SMILES string of the molecule is c1ccc2[nH]c(OCC3CO3)nc2c1. The third-order valence-corrected chi connectivity index (χ3v) is 2.18. The van der Waals surface area contributed by atoms with Gasteiger partial charge in [0.25, 0.3) is 6.01 Å². The number of aromatic amines is 1. The van der Waals surface area contributed by atoms with Crippen molar-refractivity contribution in [3.8, 4) is 6.01 Å². The van der Waals surface area contributed by atoms with Crippen molar-refractivity contribution in [2.24, 2.45) is 0 Å². The quantitative estimate of drug-likeness (QED) is 0.743. The predicted octanol–water partition coefficient (Wildman–Crippen LogP) is 1.34. The van der Waals surface area contributed by atoms with Crippen LogP contribution in [0.3, 0.4) is 0 Å². The van der Waals surface area contributed by atoms with E-state index in [0.717, 1.165) is 17.6 Å². The van der Waals surface area contributed by atoms with Gasteiger partial charge in [-0.2, -0.15) is 4.98 Å². The van der Waals surface area contributed by atoms with Crippen molar-refractivity contribution in [1.29, 1.82) is 0 Å². The number of ether oxygens (including phenoxy) is 2. The molecular formula is C10H10N2O2. The molecule has 1 atom stereocenters. The van der Waals surface area contributed by atoms with Crippen molar-refractivity contribution in [1.82, 2.24) is 9.97 Å². The van der Waals surface area contributed by atoms with E-state index in [2.05, 4.69) is 9.97 Å². The average Bonchev–Trinajstić information content (AvgIpc) is 2.94. The highest BCUT2D eigenvalue weighted by Crippen LogP contribution is 2.16. The summed E-state index contributed by atoms with van der Waals surface area (Å²) in [5.74, 6) is 0. The highest BCUT2D eigenvalue weighted by molar-refractivity contribution is 5.75. The molecule has 2 aromatic rings. The molecule has 4 heteroatoms. The molecule has 1 fully saturated rings. The van der Waals surface area contributed by atoms with Crippen LogP contribution in [0.2, 0.25) is 0 Å². The lowest BCUT2D eigenvalue weighted by molar-refractivity contribution is 0.249. The van der Waals surface area contributed by atoms with Gasteiger partial charge in [0.2, 0.25) is 0 Å². The lowest BCUT2D eigenvalue weighted by atomic mass is 10.3. The summed E-state index contributed by atoms with van der Waals surface area (Å²) in [6.45, 7) is 1.39. The number of hydrogen-bond acceptors (Lipinski definition) is 3. The molecule has 72 valence electrons. The second kappa shape index (κ2) is 2.99. The summed E-state index contributed by atoms with van der Waals surface area (Å²) in [5.41, 5.74) is 1.93. The topological polar surface area (TPSA) is 50.4 Å². The van der Waals surface area contributed by atoms with E-state index in [-0.39, 0.29) is 6.10 Å². The number of benzene rings is 1. The highest BCUT2D eigenvalue weighted by Gasteiger charge is 2.23. The molecule has 2 heterocycles. The molecule has 0 radical (unpaired) electrons. The highest BCUT2D eigenvalue weighted by atomic mass is 16.6. The van der Waals surface area contributed by atoms with Gasteiger partial charge in [0, 0.05) is 0 Å². The molecule has 4 nitrogen and oxygen atoms in total. The minimum atomic E-state index is 0.267. The Balaban J connectivity index is 1.82. The van der Waals surface area contributed by atoms with Crippen molar-refractivity contribution < 1.29 is 9.47 Å². The minimum Gasteiger partial charge on any atom is -0.462 e. The molecule has 1 unspecified atom stereocenters. The number of epoxide rings is 1. The first-order chi connectivity index (χ1) is 6.92. The molecule has 14 heavy (non-hydrogen) atoms. The summed E-state index contributed by atoms with van der Waals surface area (Å²) in [6, 6.07) is 8.42. The summed E-state index contributed by atoms with van der Waals surface area (Å²) in [4.78, 5) is 7.37. The lowest BCUT2D eigenvalue weighted by Gasteiger charge is -1.96. The van der Waals surface area contributed by atoms with Crippen LogP contribution in [0.1, 0.15) is 0 Å². The summed E-state index contributed by atoms with van der Waals surface area (Å²) >= 11 is 0. The number of nitrogens with zero attached hydrogens (tertiary/aromatic N) is 1. The van der Waals surface area contributed by atoms with Gasteiger partial charge in [-0.15, -0.1) is 0 Å². The van der Waals surface area contributed by atoms with Crippen LogP contribution in [0.4, 0.5) is 0 Å². The van der Waals surface area contributed by atoms with E-state index in [9.17, 15) is 0 Å². The van der Waals surface area contributed by atoms with E-state index < -0.39 is 0 Å². The fourth-order valence-corrected chi connectivity index (χ4v) is 1.33.